The van der Waals surface area contributed by atoms with Gasteiger partial charge in [-0.1, -0.05) is 6.92 Å². The minimum atomic E-state index is 0.353. The van der Waals surface area contributed by atoms with Crippen molar-refractivity contribution < 1.29 is 9.15 Å². The molecule has 1 atom stereocenters. The molecule has 0 aromatic carbocycles. The highest BCUT2D eigenvalue weighted by atomic mass is 16.5. The molecule has 0 aliphatic carbocycles. The van der Waals surface area contributed by atoms with Crippen LogP contribution in [-0.4, -0.2) is 30.0 Å². The third-order valence-electron chi connectivity index (χ3n) is 3.15. The molecule has 2 heterocycles. The summed E-state index contributed by atoms with van der Waals surface area (Å²) in [5.74, 6) is 1.72. The molecule has 5 heteroatoms. The molecular formula is C14H21N3O2. The Morgan fingerprint density at radius 2 is 2.32 bits per heavy atom. The molecule has 1 unspecified atom stereocenters. The number of aromatic nitrogens is 2. The number of aromatic amines is 1. The molecule has 0 aliphatic rings. The van der Waals surface area contributed by atoms with E-state index in [1.165, 1.54) is 0 Å². The van der Waals surface area contributed by atoms with Gasteiger partial charge in [0.15, 0.2) is 5.76 Å². The highest BCUT2D eigenvalue weighted by molar-refractivity contribution is 5.56. The first-order valence-electron chi connectivity index (χ1n) is 6.56. The van der Waals surface area contributed by atoms with E-state index < -0.39 is 0 Å². The fraction of sp³-hybridized carbons (Fsp3) is 0.500. The molecule has 0 fully saturated rings. The van der Waals surface area contributed by atoms with Gasteiger partial charge in [-0.05, 0) is 25.5 Å². The normalized spacial score (nSPS) is 12.8. The van der Waals surface area contributed by atoms with Crippen molar-refractivity contribution in [2.75, 3.05) is 13.7 Å². The van der Waals surface area contributed by atoms with Crippen LogP contribution >= 0.6 is 0 Å². The number of rotatable bonds is 7. The van der Waals surface area contributed by atoms with Crippen molar-refractivity contribution in [3.63, 3.8) is 0 Å². The van der Waals surface area contributed by atoms with Gasteiger partial charge in [0.25, 0.3) is 0 Å². The van der Waals surface area contributed by atoms with E-state index in [4.69, 9.17) is 9.15 Å². The maximum Gasteiger partial charge on any atom is 0.152 e. The predicted molar refractivity (Wildman–Crippen MR) is 73.8 cm³/mol. The van der Waals surface area contributed by atoms with Gasteiger partial charge in [-0.3, -0.25) is 5.10 Å². The van der Waals surface area contributed by atoms with Gasteiger partial charge in [0.1, 0.15) is 11.5 Å². The summed E-state index contributed by atoms with van der Waals surface area (Å²) in [7, 11) is 1.72. The number of hydrogen-bond acceptors (Lipinski definition) is 4. The number of H-pyrrole nitrogens is 1. The second-order valence-corrected chi connectivity index (χ2v) is 4.62. The van der Waals surface area contributed by atoms with Gasteiger partial charge in [-0.25, -0.2) is 0 Å². The summed E-state index contributed by atoms with van der Waals surface area (Å²) in [6, 6.07) is 4.26. The molecule has 0 aliphatic heterocycles. The molecule has 0 saturated carbocycles. The average molecular weight is 263 g/mol. The maximum atomic E-state index is 5.63. The van der Waals surface area contributed by atoms with E-state index >= 15 is 0 Å². The van der Waals surface area contributed by atoms with Crippen molar-refractivity contribution in [1.82, 2.24) is 15.5 Å². The average Bonchev–Trinajstić information content (AvgIpc) is 3.02. The molecule has 0 saturated heterocycles. The first-order valence-corrected chi connectivity index (χ1v) is 6.56. The quantitative estimate of drug-likeness (QED) is 0.805. The molecule has 2 rings (SSSR count). The number of ether oxygens (including phenoxy) is 1. The smallest absolute Gasteiger partial charge is 0.152 e. The van der Waals surface area contributed by atoms with Crippen LogP contribution in [0.2, 0.25) is 0 Å². The summed E-state index contributed by atoms with van der Waals surface area (Å²) in [5.41, 5.74) is 2.04. The molecule has 2 aromatic rings. The minimum Gasteiger partial charge on any atom is -0.460 e. The summed E-state index contributed by atoms with van der Waals surface area (Å²) in [6.07, 6.45) is 2.86. The zero-order valence-corrected chi connectivity index (χ0v) is 11.7. The van der Waals surface area contributed by atoms with E-state index in [1.807, 2.05) is 25.3 Å². The van der Waals surface area contributed by atoms with Crippen LogP contribution in [0, 0.1) is 6.92 Å². The SMILES string of the molecule is CCC(COC)NCc1cn[nH]c1-c1ccc(C)o1. The van der Waals surface area contributed by atoms with Crippen molar-refractivity contribution in [1.29, 1.82) is 0 Å². The van der Waals surface area contributed by atoms with Crippen molar-refractivity contribution in [3.8, 4) is 11.5 Å². The molecule has 19 heavy (non-hydrogen) atoms. The van der Waals surface area contributed by atoms with Crippen molar-refractivity contribution in [2.45, 2.75) is 32.9 Å². The Labute approximate surface area is 113 Å². The highest BCUT2D eigenvalue weighted by Crippen LogP contribution is 2.23. The number of nitrogens with one attached hydrogen (secondary N) is 2. The fourth-order valence-electron chi connectivity index (χ4n) is 2.00. The van der Waals surface area contributed by atoms with E-state index in [9.17, 15) is 0 Å². The van der Waals surface area contributed by atoms with Crippen LogP contribution < -0.4 is 5.32 Å². The van der Waals surface area contributed by atoms with E-state index in [2.05, 4.69) is 22.4 Å². The van der Waals surface area contributed by atoms with Gasteiger partial charge in [-0.15, -0.1) is 0 Å². The number of hydrogen-bond donors (Lipinski definition) is 2. The Kier molecular flexibility index (Phi) is 4.76. The Balaban J connectivity index is 2.04. The number of nitrogens with zero attached hydrogens (tertiary/aromatic N) is 1. The van der Waals surface area contributed by atoms with Crippen LogP contribution in [0.3, 0.4) is 0 Å². The Hall–Kier alpha value is -1.59. The number of methoxy groups -OCH3 is 1. The van der Waals surface area contributed by atoms with Crippen LogP contribution in [0.15, 0.2) is 22.7 Å². The molecular weight excluding hydrogens is 242 g/mol. The lowest BCUT2D eigenvalue weighted by molar-refractivity contribution is 0.164. The first-order chi connectivity index (χ1) is 9.24. The lowest BCUT2D eigenvalue weighted by atomic mass is 10.2. The van der Waals surface area contributed by atoms with Crippen molar-refractivity contribution >= 4 is 0 Å². The number of aryl methyl sites for hydroxylation is 1. The zero-order chi connectivity index (χ0) is 13.7. The summed E-state index contributed by atoms with van der Waals surface area (Å²) in [5, 5.41) is 10.6. The lowest BCUT2D eigenvalue weighted by Gasteiger charge is -2.15. The van der Waals surface area contributed by atoms with Crippen molar-refractivity contribution in [2.24, 2.45) is 0 Å². The van der Waals surface area contributed by atoms with Crippen LogP contribution in [-0.2, 0) is 11.3 Å². The maximum absolute atomic E-state index is 5.63. The molecule has 0 spiro atoms. The third kappa shape index (κ3) is 3.45. The molecule has 0 amide bonds. The van der Waals surface area contributed by atoms with Gasteiger partial charge in [0, 0.05) is 25.3 Å². The predicted octanol–water partition coefficient (Wildman–Crippen LogP) is 2.49. The fourth-order valence-corrected chi connectivity index (χ4v) is 2.00. The molecule has 0 bridgehead atoms. The summed E-state index contributed by atoms with van der Waals surface area (Å²) < 4.78 is 10.8. The van der Waals surface area contributed by atoms with Crippen LogP contribution in [0.4, 0.5) is 0 Å². The van der Waals surface area contributed by atoms with E-state index in [0.29, 0.717) is 12.6 Å². The summed E-state index contributed by atoms with van der Waals surface area (Å²) in [6.45, 7) is 5.53. The summed E-state index contributed by atoms with van der Waals surface area (Å²) in [4.78, 5) is 0. The van der Waals surface area contributed by atoms with Gasteiger partial charge in [-0.2, -0.15) is 5.10 Å². The van der Waals surface area contributed by atoms with Gasteiger partial charge < -0.3 is 14.5 Å². The standard InChI is InChI=1S/C14H21N3O2/c1-4-12(9-18-3)15-7-11-8-16-17-14(11)13-6-5-10(2)19-13/h5-6,8,12,15H,4,7,9H2,1-3H3,(H,16,17). The van der Waals surface area contributed by atoms with Crippen LogP contribution in [0.25, 0.3) is 11.5 Å². The van der Waals surface area contributed by atoms with Crippen LogP contribution in [0.1, 0.15) is 24.7 Å². The number of furan rings is 1. The van der Waals surface area contributed by atoms with Crippen molar-refractivity contribution in [3.05, 3.63) is 29.7 Å². The Bertz CT molecular complexity index is 504. The van der Waals surface area contributed by atoms with Gasteiger partial charge in [0.2, 0.25) is 0 Å². The topological polar surface area (TPSA) is 63.1 Å². The monoisotopic (exact) mass is 263 g/mol. The molecule has 0 radical (unpaired) electrons. The first kappa shape index (κ1) is 13.8. The second kappa shape index (κ2) is 6.54. The molecule has 5 nitrogen and oxygen atoms in total. The van der Waals surface area contributed by atoms with Gasteiger partial charge in [0.05, 0.1) is 12.8 Å². The van der Waals surface area contributed by atoms with Crippen LogP contribution in [0.5, 0.6) is 0 Å². The van der Waals surface area contributed by atoms with Gasteiger partial charge >= 0.3 is 0 Å². The minimum absolute atomic E-state index is 0.353. The molecule has 2 aromatic heterocycles. The largest absolute Gasteiger partial charge is 0.460 e. The lowest BCUT2D eigenvalue weighted by Crippen LogP contribution is -2.32. The Morgan fingerprint density at radius 1 is 1.47 bits per heavy atom. The van der Waals surface area contributed by atoms with E-state index in [1.54, 1.807) is 7.11 Å². The van der Waals surface area contributed by atoms with E-state index in [0.717, 1.165) is 35.7 Å². The van der Waals surface area contributed by atoms with E-state index in [-0.39, 0.29) is 0 Å². The summed E-state index contributed by atoms with van der Waals surface area (Å²) >= 11 is 0. The highest BCUT2D eigenvalue weighted by Gasteiger charge is 2.12. The molecule has 104 valence electrons. The zero-order valence-electron chi connectivity index (χ0n) is 11.7. The Morgan fingerprint density at radius 3 is 2.95 bits per heavy atom. The molecule has 2 N–H and O–H groups in total. The second-order valence-electron chi connectivity index (χ2n) is 4.62. The third-order valence-corrected chi connectivity index (χ3v) is 3.15.